The van der Waals surface area contributed by atoms with Crippen molar-refractivity contribution in [3.63, 3.8) is 0 Å². The number of unbranched alkanes of at least 4 members (excludes halogenated alkanes) is 1. The molecule has 1 atom stereocenters. The van der Waals surface area contributed by atoms with Gasteiger partial charge in [-0.15, -0.1) is 0 Å². The van der Waals surface area contributed by atoms with Crippen molar-refractivity contribution < 1.29 is 23.8 Å². The molecule has 6 nitrogen and oxygen atoms in total. The van der Waals surface area contributed by atoms with E-state index >= 15 is 0 Å². The lowest BCUT2D eigenvalue weighted by Crippen LogP contribution is -2.30. The van der Waals surface area contributed by atoms with Gasteiger partial charge in [0.25, 0.3) is 0 Å². The minimum absolute atomic E-state index is 0.135. The topological polar surface area (TPSA) is 65.1 Å². The fraction of sp³-hybridized carbons (Fsp3) is 0.394. The van der Waals surface area contributed by atoms with Crippen molar-refractivity contribution in [3.8, 4) is 0 Å². The van der Waals surface area contributed by atoms with Gasteiger partial charge in [0.05, 0.1) is 32.5 Å². The Labute approximate surface area is 232 Å². The minimum Gasteiger partial charge on any atom is -0.469 e. The number of carbonyl (C=O) groups is 2. The van der Waals surface area contributed by atoms with Gasteiger partial charge in [-0.1, -0.05) is 80.6 Å². The number of methoxy groups -OCH3 is 2. The summed E-state index contributed by atoms with van der Waals surface area (Å²) in [4.78, 5) is 25.8. The van der Waals surface area contributed by atoms with Crippen LogP contribution in [-0.2, 0) is 32.2 Å². The van der Waals surface area contributed by atoms with E-state index in [4.69, 9.17) is 14.2 Å². The number of hydrogen-bond acceptors (Lipinski definition) is 6. The molecule has 0 saturated carbocycles. The van der Waals surface area contributed by atoms with Crippen molar-refractivity contribution >= 4 is 11.9 Å². The Kier molecular flexibility index (Phi) is 12.2. The average Bonchev–Trinajstić information content (AvgIpc) is 2.97. The van der Waals surface area contributed by atoms with Crippen molar-refractivity contribution in [2.75, 3.05) is 27.3 Å². The maximum Gasteiger partial charge on any atom is 0.337 e. The van der Waals surface area contributed by atoms with Crippen LogP contribution in [0.3, 0.4) is 0 Å². The van der Waals surface area contributed by atoms with Crippen LogP contribution in [0.5, 0.6) is 0 Å². The molecule has 0 aromatic heterocycles. The summed E-state index contributed by atoms with van der Waals surface area (Å²) in [5.74, 6) is -0.0738. The molecule has 0 bridgehead atoms. The zero-order valence-corrected chi connectivity index (χ0v) is 23.6. The highest BCUT2D eigenvalue weighted by atomic mass is 16.5. The van der Waals surface area contributed by atoms with Crippen LogP contribution < -0.4 is 0 Å². The normalized spacial score (nSPS) is 11.9. The van der Waals surface area contributed by atoms with Crippen molar-refractivity contribution in [1.82, 2.24) is 4.90 Å². The Morgan fingerprint density at radius 3 is 2.18 bits per heavy atom. The molecule has 0 saturated heterocycles. The number of nitrogens with zero attached hydrogens (tertiary/aromatic N) is 1. The lowest BCUT2D eigenvalue weighted by atomic mass is 10.0. The molecule has 1 unspecified atom stereocenters. The zero-order valence-electron chi connectivity index (χ0n) is 23.6. The smallest absolute Gasteiger partial charge is 0.337 e. The van der Waals surface area contributed by atoms with Gasteiger partial charge in [-0.25, -0.2) is 4.79 Å². The number of esters is 2. The van der Waals surface area contributed by atoms with Crippen LogP contribution >= 0.6 is 0 Å². The first-order valence-electron chi connectivity index (χ1n) is 13.6. The van der Waals surface area contributed by atoms with Gasteiger partial charge >= 0.3 is 11.9 Å². The third kappa shape index (κ3) is 9.97. The first-order chi connectivity index (χ1) is 18.9. The number of ether oxygens (including phenoxy) is 3. The second-order valence-corrected chi connectivity index (χ2v) is 10.1. The maximum atomic E-state index is 11.9. The largest absolute Gasteiger partial charge is 0.469 e. The molecule has 3 aromatic rings. The first-order valence-corrected chi connectivity index (χ1v) is 13.6. The second kappa shape index (κ2) is 15.8. The van der Waals surface area contributed by atoms with Gasteiger partial charge in [0.15, 0.2) is 0 Å². The predicted molar refractivity (Wildman–Crippen MR) is 153 cm³/mol. The molecule has 0 fully saturated rings. The molecule has 0 heterocycles. The van der Waals surface area contributed by atoms with E-state index in [9.17, 15) is 9.59 Å². The molecule has 0 spiro atoms. The van der Waals surface area contributed by atoms with E-state index in [0.717, 1.165) is 36.1 Å². The SMILES string of the molecule is COC(=O)CCCCN(Cc1ccc(C(=O)OC)cc1)CC(OCc1cccc(C(C)C)c1)c1ccccc1. The summed E-state index contributed by atoms with van der Waals surface area (Å²) in [5.41, 5.74) is 5.20. The van der Waals surface area contributed by atoms with Crippen molar-refractivity contribution in [2.45, 2.75) is 58.3 Å². The molecule has 0 N–H and O–H groups in total. The molecule has 0 amide bonds. The monoisotopic (exact) mass is 531 g/mol. The summed E-state index contributed by atoms with van der Waals surface area (Å²) in [6.45, 7) is 7.08. The van der Waals surface area contributed by atoms with Crippen LogP contribution in [-0.4, -0.2) is 44.1 Å². The van der Waals surface area contributed by atoms with Crippen LogP contribution in [0, 0.1) is 0 Å². The third-order valence-corrected chi connectivity index (χ3v) is 6.78. The van der Waals surface area contributed by atoms with Crippen LogP contribution in [0.2, 0.25) is 0 Å². The van der Waals surface area contributed by atoms with Crippen LogP contribution in [0.15, 0.2) is 78.9 Å². The zero-order chi connectivity index (χ0) is 28.0. The highest BCUT2D eigenvalue weighted by molar-refractivity contribution is 5.89. The summed E-state index contributed by atoms with van der Waals surface area (Å²) in [6, 6.07) is 26.4. The molecular weight excluding hydrogens is 490 g/mol. The number of rotatable bonds is 15. The molecule has 208 valence electrons. The van der Waals surface area contributed by atoms with E-state index < -0.39 is 0 Å². The van der Waals surface area contributed by atoms with E-state index in [0.29, 0.717) is 37.6 Å². The number of benzene rings is 3. The molecule has 0 aliphatic carbocycles. The van der Waals surface area contributed by atoms with Crippen molar-refractivity contribution in [2.24, 2.45) is 0 Å². The maximum absolute atomic E-state index is 11.9. The fourth-order valence-corrected chi connectivity index (χ4v) is 4.46. The lowest BCUT2D eigenvalue weighted by molar-refractivity contribution is -0.140. The van der Waals surface area contributed by atoms with E-state index in [1.807, 2.05) is 30.3 Å². The summed E-state index contributed by atoms with van der Waals surface area (Å²) >= 11 is 0. The van der Waals surface area contributed by atoms with E-state index in [1.54, 1.807) is 12.1 Å². The second-order valence-electron chi connectivity index (χ2n) is 10.1. The van der Waals surface area contributed by atoms with Gasteiger partial charge in [0, 0.05) is 19.5 Å². The molecule has 3 aromatic carbocycles. The Bertz CT molecular complexity index is 1160. The Hall–Kier alpha value is -3.48. The van der Waals surface area contributed by atoms with Crippen LogP contribution in [0.25, 0.3) is 0 Å². The molecule has 0 aliphatic rings. The van der Waals surface area contributed by atoms with Gasteiger partial charge in [0.1, 0.15) is 0 Å². The Balaban J connectivity index is 1.76. The van der Waals surface area contributed by atoms with Gasteiger partial charge in [-0.05, 0) is 59.7 Å². The first kappa shape index (κ1) is 30.1. The average molecular weight is 532 g/mol. The lowest BCUT2D eigenvalue weighted by Gasteiger charge is -2.28. The molecule has 3 rings (SSSR count). The summed E-state index contributed by atoms with van der Waals surface area (Å²) in [6.07, 6.45) is 1.88. The standard InChI is InChI=1S/C33H41NO5/c1-25(2)30-14-10-11-27(21-30)24-39-31(28-12-6-5-7-13-28)23-34(20-9-8-15-32(35)37-3)22-26-16-18-29(19-17-26)33(36)38-4/h5-7,10-14,16-19,21,25,31H,8-9,15,20,22-24H2,1-4H3. The quantitative estimate of drug-likeness (QED) is 0.161. The predicted octanol–water partition coefficient (Wildman–Crippen LogP) is 6.70. The molecule has 0 radical (unpaired) electrons. The van der Waals surface area contributed by atoms with Gasteiger partial charge in [-0.3, -0.25) is 9.69 Å². The van der Waals surface area contributed by atoms with Crippen molar-refractivity contribution in [3.05, 3.63) is 107 Å². The van der Waals surface area contributed by atoms with Crippen molar-refractivity contribution in [1.29, 1.82) is 0 Å². The Morgan fingerprint density at radius 2 is 1.51 bits per heavy atom. The molecule has 39 heavy (non-hydrogen) atoms. The van der Waals surface area contributed by atoms with Gasteiger partial charge < -0.3 is 14.2 Å². The molecule has 6 heteroatoms. The highest BCUT2D eigenvalue weighted by Gasteiger charge is 2.18. The van der Waals surface area contributed by atoms with E-state index in [-0.39, 0.29) is 18.0 Å². The Morgan fingerprint density at radius 1 is 0.795 bits per heavy atom. The van der Waals surface area contributed by atoms with E-state index in [1.165, 1.54) is 19.8 Å². The van der Waals surface area contributed by atoms with Gasteiger partial charge in [-0.2, -0.15) is 0 Å². The minimum atomic E-state index is -0.347. The molecular formula is C33H41NO5. The number of carbonyl (C=O) groups excluding carboxylic acids is 2. The van der Waals surface area contributed by atoms with Gasteiger partial charge in [0.2, 0.25) is 0 Å². The number of hydrogen-bond donors (Lipinski definition) is 0. The highest BCUT2D eigenvalue weighted by Crippen LogP contribution is 2.24. The van der Waals surface area contributed by atoms with E-state index in [2.05, 4.69) is 55.1 Å². The van der Waals surface area contributed by atoms with Crippen LogP contribution in [0.4, 0.5) is 0 Å². The summed E-state index contributed by atoms with van der Waals surface area (Å²) in [7, 11) is 2.81. The fourth-order valence-electron chi connectivity index (χ4n) is 4.46. The van der Waals surface area contributed by atoms with Crippen LogP contribution in [0.1, 0.15) is 77.7 Å². The third-order valence-electron chi connectivity index (χ3n) is 6.78. The molecule has 0 aliphatic heterocycles. The summed E-state index contributed by atoms with van der Waals surface area (Å²) in [5, 5.41) is 0. The summed E-state index contributed by atoms with van der Waals surface area (Å²) < 4.78 is 16.2.